The number of rotatable bonds is 13. The van der Waals surface area contributed by atoms with Crippen molar-refractivity contribution in [1.29, 1.82) is 0 Å². The average Bonchev–Trinajstić information content (AvgIpc) is 2.48. The van der Waals surface area contributed by atoms with E-state index in [0.29, 0.717) is 51.4 Å². The number of nitrogens with one attached hydrogen (secondary N) is 1. The second-order valence-corrected chi connectivity index (χ2v) is 6.03. The van der Waals surface area contributed by atoms with Gasteiger partial charge in [0.2, 0.25) is 5.91 Å². The normalized spacial score (nSPS) is 11.3. The van der Waals surface area contributed by atoms with E-state index in [0.717, 1.165) is 6.42 Å². The fraction of sp³-hybridized carbons (Fsp3) is 0.765. The topological polar surface area (TPSA) is 64.6 Å². The van der Waals surface area contributed by atoms with E-state index in [4.69, 9.17) is 9.47 Å². The first-order valence-corrected chi connectivity index (χ1v) is 7.93. The molecule has 0 aromatic heterocycles. The zero-order valence-corrected chi connectivity index (χ0v) is 14.5. The Labute approximate surface area is 134 Å². The lowest BCUT2D eigenvalue weighted by Gasteiger charge is -2.21. The molecule has 0 radical (unpaired) electrons. The van der Waals surface area contributed by atoms with E-state index in [2.05, 4.69) is 11.9 Å². The van der Waals surface area contributed by atoms with Crippen LogP contribution in [0.4, 0.5) is 0 Å². The number of ether oxygens (including phenoxy) is 2. The maximum absolute atomic E-state index is 11.8. The zero-order chi connectivity index (χ0) is 17.0. The lowest BCUT2D eigenvalue weighted by Crippen LogP contribution is -2.38. The number of carbonyl (C=O) groups is 2. The van der Waals surface area contributed by atoms with Gasteiger partial charge in [-0.3, -0.25) is 9.59 Å². The van der Waals surface area contributed by atoms with Gasteiger partial charge in [0, 0.05) is 25.0 Å². The summed E-state index contributed by atoms with van der Waals surface area (Å²) in [4.78, 5) is 23.1. The molecule has 128 valence electrons. The Morgan fingerprint density at radius 2 is 1.68 bits per heavy atom. The average molecular weight is 313 g/mol. The predicted octanol–water partition coefficient (Wildman–Crippen LogP) is 2.50. The van der Waals surface area contributed by atoms with Crippen LogP contribution in [-0.2, 0) is 19.1 Å². The molecule has 0 aliphatic carbocycles. The molecule has 1 N–H and O–H groups in total. The molecule has 0 spiro atoms. The first kappa shape index (κ1) is 20.8. The maximum Gasteiger partial charge on any atom is 0.225 e. The van der Waals surface area contributed by atoms with Crippen LogP contribution in [0.1, 0.15) is 47.0 Å². The number of ketones is 1. The van der Waals surface area contributed by atoms with Crippen molar-refractivity contribution in [3.8, 4) is 0 Å². The van der Waals surface area contributed by atoms with Crippen LogP contribution in [-0.4, -0.2) is 44.7 Å². The quantitative estimate of drug-likeness (QED) is 0.419. The van der Waals surface area contributed by atoms with Gasteiger partial charge in [0.25, 0.3) is 0 Å². The van der Waals surface area contributed by atoms with Crippen molar-refractivity contribution < 1.29 is 19.1 Å². The van der Waals surface area contributed by atoms with Crippen molar-refractivity contribution in [3.63, 3.8) is 0 Å². The molecular weight excluding hydrogens is 282 g/mol. The number of carbonyl (C=O) groups excluding carboxylic acids is 2. The summed E-state index contributed by atoms with van der Waals surface area (Å²) in [6.07, 6.45) is 1.99. The fourth-order valence-corrected chi connectivity index (χ4v) is 1.51. The molecule has 0 heterocycles. The monoisotopic (exact) mass is 313 g/mol. The third-order valence-corrected chi connectivity index (χ3v) is 3.57. The number of allylic oxidation sites excluding steroid dienone is 1. The molecule has 0 aliphatic rings. The van der Waals surface area contributed by atoms with Crippen molar-refractivity contribution >= 4 is 11.7 Å². The van der Waals surface area contributed by atoms with Gasteiger partial charge in [-0.1, -0.05) is 27.4 Å². The summed E-state index contributed by atoms with van der Waals surface area (Å²) in [7, 11) is 0. The summed E-state index contributed by atoms with van der Waals surface area (Å²) in [5.74, 6) is 0.141. The maximum atomic E-state index is 11.8. The highest BCUT2D eigenvalue weighted by Gasteiger charge is 2.24. The van der Waals surface area contributed by atoms with Gasteiger partial charge in [-0.15, -0.1) is 0 Å². The lowest BCUT2D eigenvalue weighted by atomic mass is 9.89. The fourth-order valence-electron chi connectivity index (χ4n) is 1.51. The second kappa shape index (κ2) is 11.4. The molecule has 22 heavy (non-hydrogen) atoms. The molecule has 5 heteroatoms. The van der Waals surface area contributed by atoms with Crippen molar-refractivity contribution in [1.82, 2.24) is 5.32 Å². The van der Waals surface area contributed by atoms with Gasteiger partial charge < -0.3 is 14.8 Å². The van der Waals surface area contributed by atoms with Gasteiger partial charge in [-0.05, 0) is 25.3 Å². The van der Waals surface area contributed by atoms with E-state index in [1.54, 1.807) is 6.92 Å². The Balaban J connectivity index is 3.40. The van der Waals surface area contributed by atoms with Gasteiger partial charge in [0.1, 0.15) is 0 Å². The van der Waals surface area contributed by atoms with Gasteiger partial charge in [-0.2, -0.15) is 0 Å². The number of hydrogen-bond donors (Lipinski definition) is 1. The standard InChI is InChI=1S/C17H31NO4/c1-6-17(4,5)16(20)18-9-11-22-13-12-21-10-7-8-15(19)14(2)3/h2,6-13H2,1,3-5H3,(H,18,20). The molecule has 1 amide bonds. The summed E-state index contributed by atoms with van der Waals surface area (Å²) in [6, 6.07) is 0. The van der Waals surface area contributed by atoms with Crippen molar-refractivity contribution in [2.24, 2.45) is 5.41 Å². The zero-order valence-electron chi connectivity index (χ0n) is 14.5. The summed E-state index contributed by atoms with van der Waals surface area (Å²) < 4.78 is 10.7. The molecule has 0 aromatic carbocycles. The van der Waals surface area contributed by atoms with E-state index in [1.165, 1.54) is 0 Å². The molecule has 0 aliphatic heterocycles. The Kier molecular flexibility index (Phi) is 10.8. The molecular formula is C17H31NO4. The van der Waals surface area contributed by atoms with Crippen molar-refractivity contribution in [2.45, 2.75) is 47.0 Å². The van der Waals surface area contributed by atoms with Gasteiger partial charge >= 0.3 is 0 Å². The van der Waals surface area contributed by atoms with Crippen LogP contribution in [0.25, 0.3) is 0 Å². The Hall–Kier alpha value is -1.20. The van der Waals surface area contributed by atoms with Crippen LogP contribution in [0.3, 0.4) is 0 Å². The molecule has 5 nitrogen and oxygen atoms in total. The highest BCUT2D eigenvalue weighted by atomic mass is 16.5. The minimum Gasteiger partial charge on any atom is -0.379 e. The molecule has 0 atom stereocenters. The van der Waals surface area contributed by atoms with Crippen LogP contribution < -0.4 is 5.32 Å². The van der Waals surface area contributed by atoms with Gasteiger partial charge in [-0.25, -0.2) is 0 Å². The van der Waals surface area contributed by atoms with Crippen molar-refractivity contribution in [2.75, 3.05) is 33.0 Å². The van der Waals surface area contributed by atoms with Gasteiger partial charge in [0.15, 0.2) is 5.78 Å². The molecule has 0 fully saturated rings. The van der Waals surface area contributed by atoms with E-state index in [9.17, 15) is 9.59 Å². The molecule has 0 saturated heterocycles. The Morgan fingerprint density at radius 1 is 1.09 bits per heavy atom. The third kappa shape index (κ3) is 9.68. The number of Topliss-reactive ketones (excluding diaryl/α,β-unsaturated/α-hetero) is 1. The molecule has 0 bridgehead atoms. The third-order valence-electron chi connectivity index (χ3n) is 3.57. The second-order valence-electron chi connectivity index (χ2n) is 6.03. The highest BCUT2D eigenvalue weighted by Crippen LogP contribution is 2.18. The van der Waals surface area contributed by atoms with E-state index in [-0.39, 0.29) is 17.1 Å². The predicted molar refractivity (Wildman–Crippen MR) is 87.8 cm³/mol. The smallest absolute Gasteiger partial charge is 0.225 e. The minimum absolute atomic E-state index is 0.0528. The largest absolute Gasteiger partial charge is 0.379 e. The van der Waals surface area contributed by atoms with Crippen molar-refractivity contribution in [3.05, 3.63) is 12.2 Å². The number of hydrogen-bond acceptors (Lipinski definition) is 4. The first-order valence-electron chi connectivity index (χ1n) is 7.93. The lowest BCUT2D eigenvalue weighted by molar-refractivity contribution is -0.129. The van der Waals surface area contributed by atoms with Crippen LogP contribution in [0.2, 0.25) is 0 Å². The van der Waals surface area contributed by atoms with E-state index in [1.807, 2.05) is 20.8 Å². The van der Waals surface area contributed by atoms with E-state index >= 15 is 0 Å². The highest BCUT2D eigenvalue weighted by molar-refractivity contribution is 5.93. The van der Waals surface area contributed by atoms with Crippen LogP contribution in [0.5, 0.6) is 0 Å². The Bertz CT molecular complexity index is 364. The van der Waals surface area contributed by atoms with Crippen LogP contribution >= 0.6 is 0 Å². The van der Waals surface area contributed by atoms with E-state index < -0.39 is 0 Å². The van der Waals surface area contributed by atoms with Crippen LogP contribution in [0, 0.1) is 5.41 Å². The Morgan fingerprint density at radius 3 is 2.23 bits per heavy atom. The molecule has 0 aromatic rings. The molecule has 0 rings (SSSR count). The van der Waals surface area contributed by atoms with Gasteiger partial charge in [0.05, 0.1) is 19.8 Å². The summed E-state index contributed by atoms with van der Waals surface area (Å²) in [6.45, 7) is 13.7. The minimum atomic E-state index is -0.329. The summed E-state index contributed by atoms with van der Waals surface area (Å²) >= 11 is 0. The van der Waals surface area contributed by atoms with Crippen LogP contribution in [0.15, 0.2) is 12.2 Å². The SMILES string of the molecule is C=C(C)C(=O)CCCOCCOCCNC(=O)C(C)(C)CC. The summed E-state index contributed by atoms with van der Waals surface area (Å²) in [5, 5.41) is 2.86. The number of amides is 1. The molecule has 0 saturated carbocycles. The summed E-state index contributed by atoms with van der Waals surface area (Å²) in [5.41, 5.74) is 0.265. The first-order chi connectivity index (χ1) is 10.3. The molecule has 0 unspecified atom stereocenters.